The monoisotopic (exact) mass is 322 g/mol. The summed E-state index contributed by atoms with van der Waals surface area (Å²) >= 11 is 0. The van der Waals surface area contributed by atoms with Gasteiger partial charge in [-0.25, -0.2) is 4.79 Å². The van der Waals surface area contributed by atoms with Gasteiger partial charge in [-0.1, -0.05) is 13.8 Å². The maximum absolute atomic E-state index is 12.6. The van der Waals surface area contributed by atoms with Crippen molar-refractivity contribution in [3.63, 3.8) is 0 Å². The quantitative estimate of drug-likeness (QED) is 0.783. The van der Waals surface area contributed by atoms with Gasteiger partial charge in [0, 0.05) is 39.5 Å². The molecule has 23 heavy (non-hydrogen) atoms. The van der Waals surface area contributed by atoms with Crippen molar-refractivity contribution in [3.8, 4) is 0 Å². The van der Waals surface area contributed by atoms with E-state index in [1.165, 1.54) is 0 Å². The number of aromatic nitrogens is 1. The van der Waals surface area contributed by atoms with Crippen LogP contribution in [-0.2, 0) is 11.3 Å². The maximum Gasteiger partial charge on any atom is 0.314 e. The Bertz CT molecular complexity index is 541. The van der Waals surface area contributed by atoms with Crippen LogP contribution < -0.4 is 10.6 Å². The lowest BCUT2D eigenvalue weighted by Gasteiger charge is -2.36. The fourth-order valence-corrected chi connectivity index (χ4v) is 2.62. The van der Waals surface area contributed by atoms with E-state index in [-0.39, 0.29) is 18.0 Å². The molecule has 0 bridgehead atoms. The third-order valence-electron chi connectivity index (χ3n) is 3.86. The average Bonchev–Trinajstić information content (AvgIpc) is 2.99. The van der Waals surface area contributed by atoms with Crippen molar-refractivity contribution in [1.82, 2.24) is 20.1 Å². The Morgan fingerprint density at radius 1 is 1.43 bits per heavy atom. The summed E-state index contributed by atoms with van der Waals surface area (Å²) in [6, 6.07) is 3.41. The van der Waals surface area contributed by atoms with Crippen molar-refractivity contribution in [1.29, 1.82) is 0 Å². The first-order valence-corrected chi connectivity index (χ1v) is 7.99. The molecule has 7 heteroatoms. The zero-order valence-electron chi connectivity index (χ0n) is 14.0. The van der Waals surface area contributed by atoms with E-state index in [0.29, 0.717) is 44.4 Å². The van der Waals surface area contributed by atoms with Crippen molar-refractivity contribution in [2.24, 2.45) is 5.92 Å². The molecule has 0 spiro atoms. The number of amides is 3. The molecule has 7 nitrogen and oxygen atoms in total. The van der Waals surface area contributed by atoms with Gasteiger partial charge in [0.05, 0.1) is 12.6 Å². The van der Waals surface area contributed by atoms with Crippen LogP contribution >= 0.6 is 0 Å². The topological polar surface area (TPSA) is 75.6 Å². The number of carbonyl (C=O) groups excluding carboxylic acids is 2. The Morgan fingerprint density at radius 2 is 2.22 bits per heavy atom. The van der Waals surface area contributed by atoms with E-state index in [1.54, 1.807) is 12.0 Å². The molecule has 128 valence electrons. The normalized spacial score (nSPS) is 17.3. The van der Waals surface area contributed by atoms with Crippen molar-refractivity contribution >= 4 is 11.9 Å². The van der Waals surface area contributed by atoms with E-state index >= 15 is 0 Å². The molecule has 2 N–H and O–H groups in total. The number of hydrogen-bond donors (Lipinski definition) is 2. The van der Waals surface area contributed by atoms with Crippen LogP contribution in [-0.4, -0.2) is 60.8 Å². The number of nitrogens with one attached hydrogen (secondary N) is 2. The van der Waals surface area contributed by atoms with Crippen molar-refractivity contribution < 1.29 is 14.3 Å². The molecule has 1 aliphatic rings. The number of urea groups is 1. The molecule has 1 aromatic rings. The lowest BCUT2D eigenvalue weighted by atomic mass is 10.1. The van der Waals surface area contributed by atoms with E-state index < -0.39 is 0 Å². The zero-order valence-corrected chi connectivity index (χ0v) is 14.0. The van der Waals surface area contributed by atoms with E-state index in [1.807, 2.05) is 36.7 Å². The van der Waals surface area contributed by atoms with E-state index in [2.05, 4.69) is 10.6 Å². The van der Waals surface area contributed by atoms with Crippen LogP contribution in [0.15, 0.2) is 18.3 Å². The Morgan fingerprint density at radius 3 is 2.91 bits per heavy atom. The molecule has 2 heterocycles. The third-order valence-corrected chi connectivity index (χ3v) is 3.86. The first-order valence-electron chi connectivity index (χ1n) is 7.99. The van der Waals surface area contributed by atoms with Gasteiger partial charge in [-0.15, -0.1) is 0 Å². The van der Waals surface area contributed by atoms with Gasteiger partial charge >= 0.3 is 6.03 Å². The highest BCUT2D eigenvalue weighted by molar-refractivity contribution is 5.93. The fourth-order valence-electron chi connectivity index (χ4n) is 2.62. The zero-order chi connectivity index (χ0) is 16.8. The molecule has 0 aromatic carbocycles. The molecule has 0 saturated carbocycles. The summed E-state index contributed by atoms with van der Waals surface area (Å²) < 4.78 is 7.04. The highest BCUT2D eigenvalue weighted by atomic mass is 16.5. The molecule has 0 radical (unpaired) electrons. The summed E-state index contributed by atoms with van der Waals surface area (Å²) in [7, 11) is 1.61. The van der Waals surface area contributed by atoms with Gasteiger partial charge in [0.15, 0.2) is 0 Å². The second-order valence-corrected chi connectivity index (χ2v) is 6.18. The van der Waals surface area contributed by atoms with Gasteiger partial charge in [-0.3, -0.25) is 4.79 Å². The molecule has 0 fully saturated rings. The summed E-state index contributed by atoms with van der Waals surface area (Å²) in [6.45, 7) is 6.78. The van der Waals surface area contributed by atoms with E-state index in [0.717, 1.165) is 0 Å². The number of methoxy groups -OCH3 is 1. The predicted octanol–water partition coefficient (Wildman–Crippen LogP) is 0.914. The van der Waals surface area contributed by atoms with E-state index in [9.17, 15) is 9.59 Å². The molecule has 3 amide bonds. The standard InChI is InChI=1S/C16H26N4O3/c1-12(2)9-17-16(22)18-10-13-11-19-6-4-5-14(19)15(21)20(13)7-8-23-3/h4-6,12-13H,7-11H2,1-3H3,(H2,17,18,22). The lowest BCUT2D eigenvalue weighted by Crippen LogP contribution is -2.54. The maximum atomic E-state index is 12.6. The van der Waals surface area contributed by atoms with Gasteiger partial charge < -0.3 is 24.8 Å². The molecule has 1 unspecified atom stereocenters. The summed E-state index contributed by atoms with van der Waals surface area (Å²) in [5.41, 5.74) is 0.682. The molecule has 0 aliphatic carbocycles. The number of nitrogens with zero attached hydrogens (tertiary/aromatic N) is 2. The van der Waals surface area contributed by atoms with Crippen molar-refractivity contribution in [2.75, 3.05) is 33.4 Å². The number of ether oxygens (including phenoxy) is 1. The van der Waals surface area contributed by atoms with Crippen LogP contribution in [0.1, 0.15) is 24.3 Å². The fraction of sp³-hybridized carbons (Fsp3) is 0.625. The second kappa shape index (κ2) is 8.01. The summed E-state index contributed by atoms with van der Waals surface area (Å²) in [6.07, 6.45) is 1.90. The number of hydrogen-bond acceptors (Lipinski definition) is 3. The summed E-state index contributed by atoms with van der Waals surface area (Å²) in [4.78, 5) is 26.2. The lowest BCUT2D eigenvalue weighted by molar-refractivity contribution is 0.0513. The second-order valence-electron chi connectivity index (χ2n) is 6.18. The predicted molar refractivity (Wildman–Crippen MR) is 87.4 cm³/mol. The Balaban J connectivity index is 1.97. The molecule has 2 rings (SSSR count). The molecule has 1 aliphatic heterocycles. The number of rotatable bonds is 7. The molecule has 1 atom stereocenters. The van der Waals surface area contributed by atoms with Crippen molar-refractivity contribution in [3.05, 3.63) is 24.0 Å². The highest BCUT2D eigenvalue weighted by Crippen LogP contribution is 2.17. The molecular weight excluding hydrogens is 296 g/mol. The highest BCUT2D eigenvalue weighted by Gasteiger charge is 2.31. The first kappa shape index (κ1) is 17.3. The minimum atomic E-state index is -0.198. The SMILES string of the molecule is COCCN1C(=O)c2cccn2CC1CNC(=O)NCC(C)C. The van der Waals surface area contributed by atoms with Crippen LogP contribution in [0.4, 0.5) is 4.79 Å². The van der Waals surface area contributed by atoms with Crippen LogP contribution in [0.5, 0.6) is 0 Å². The minimum absolute atomic E-state index is 0.0207. The van der Waals surface area contributed by atoms with Gasteiger partial charge in [0.1, 0.15) is 5.69 Å². The number of fused-ring (bicyclic) bond motifs is 1. The van der Waals surface area contributed by atoms with Crippen LogP contribution in [0.3, 0.4) is 0 Å². The van der Waals surface area contributed by atoms with Gasteiger partial charge in [0.2, 0.25) is 0 Å². The number of carbonyl (C=O) groups is 2. The minimum Gasteiger partial charge on any atom is -0.383 e. The molecule has 0 saturated heterocycles. The first-order chi connectivity index (χ1) is 11.0. The smallest absolute Gasteiger partial charge is 0.314 e. The van der Waals surface area contributed by atoms with Gasteiger partial charge in [-0.05, 0) is 18.1 Å². The van der Waals surface area contributed by atoms with Crippen LogP contribution in [0, 0.1) is 5.92 Å². The van der Waals surface area contributed by atoms with Gasteiger partial charge in [0.25, 0.3) is 5.91 Å². The summed E-state index contributed by atoms with van der Waals surface area (Å²) in [5.74, 6) is 0.380. The summed E-state index contributed by atoms with van der Waals surface area (Å²) in [5, 5.41) is 5.68. The Kier molecular flexibility index (Phi) is 6.04. The molecular formula is C16H26N4O3. The molecule has 1 aromatic heterocycles. The Hall–Kier alpha value is -2.02. The Labute approximate surface area is 137 Å². The van der Waals surface area contributed by atoms with E-state index in [4.69, 9.17) is 4.74 Å². The largest absolute Gasteiger partial charge is 0.383 e. The van der Waals surface area contributed by atoms with Crippen LogP contribution in [0.25, 0.3) is 0 Å². The third kappa shape index (κ3) is 4.48. The average molecular weight is 322 g/mol. The van der Waals surface area contributed by atoms with Crippen LogP contribution in [0.2, 0.25) is 0 Å². The van der Waals surface area contributed by atoms with Crippen molar-refractivity contribution in [2.45, 2.75) is 26.4 Å². The van der Waals surface area contributed by atoms with Gasteiger partial charge in [-0.2, -0.15) is 0 Å².